The second kappa shape index (κ2) is 7.35. The molecule has 0 saturated carbocycles. The first-order chi connectivity index (χ1) is 11.5. The zero-order valence-electron chi connectivity index (χ0n) is 12.8. The first-order valence-corrected chi connectivity index (χ1v) is 6.56. The van der Waals surface area contributed by atoms with Crippen molar-refractivity contribution in [3.8, 4) is 6.07 Å². The molecule has 0 aliphatic carbocycles. The summed E-state index contributed by atoms with van der Waals surface area (Å²) in [4.78, 5) is 20.5. The van der Waals surface area contributed by atoms with Crippen molar-refractivity contribution in [2.45, 2.75) is 5.92 Å². The van der Waals surface area contributed by atoms with Crippen LogP contribution in [0.1, 0.15) is 17.0 Å². The van der Waals surface area contributed by atoms with Gasteiger partial charge in [0.15, 0.2) is 0 Å². The van der Waals surface area contributed by atoms with Gasteiger partial charge in [0.05, 0.1) is 21.8 Å². The van der Waals surface area contributed by atoms with Gasteiger partial charge in [-0.15, -0.1) is 0 Å². The molecule has 118 valence electrons. The molecule has 0 bridgehead atoms. The Balaban J connectivity index is 0.00000225. The molecule has 0 fully saturated rings. The van der Waals surface area contributed by atoms with E-state index in [0.29, 0.717) is 11.1 Å². The Hall–Kier alpha value is -2.87. The van der Waals surface area contributed by atoms with Gasteiger partial charge in [0, 0.05) is 23.8 Å². The van der Waals surface area contributed by atoms with Crippen LogP contribution in [-0.4, -0.2) is 20.2 Å². The topological polar surface area (TPSA) is 149 Å². The zero-order valence-corrected chi connectivity index (χ0v) is 14.8. The summed E-state index contributed by atoms with van der Waals surface area (Å²) in [5, 5.41) is 38.4. The number of rotatable bonds is 4. The molecule has 1 atom stereocenters. The molecule has 0 radical (unpaired) electrons. The molecule has 0 aliphatic rings. The van der Waals surface area contributed by atoms with Gasteiger partial charge in [0.1, 0.15) is 5.52 Å². The molecule has 1 heterocycles. The fourth-order valence-corrected chi connectivity index (χ4v) is 2.37. The second-order valence-corrected chi connectivity index (χ2v) is 4.80. The van der Waals surface area contributed by atoms with E-state index in [2.05, 4.69) is 21.0 Å². The first kappa shape index (κ1) is 18.5. The number of nitro groups is 2. The van der Waals surface area contributed by atoms with Gasteiger partial charge < -0.3 is 0 Å². The number of fused-ring (bicyclic) bond motifs is 1. The number of hydrogen-bond donors (Lipinski definition) is 0. The number of non-ortho nitro benzene ring substituents is 2. The van der Waals surface area contributed by atoms with E-state index in [4.69, 9.17) is 0 Å². The second-order valence-electron chi connectivity index (χ2n) is 4.80. The van der Waals surface area contributed by atoms with Crippen molar-refractivity contribution >= 4 is 22.4 Å². The van der Waals surface area contributed by atoms with E-state index in [1.165, 1.54) is 36.4 Å². The molecule has 0 saturated heterocycles. The predicted molar refractivity (Wildman–Crippen MR) is 79.0 cm³/mol. The minimum absolute atomic E-state index is 0. The fraction of sp³-hybridized carbons (Fsp3) is 0.0714. The van der Waals surface area contributed by atoms with Gasteiger partial charge in [-0.05, 0) is 21.9 Å². The number of nitriles is 1. The molecule has 0 aliphatic heterocycles. The SMILES string of the molecule is N#CC(c1ccc([N+](=O)[O-])cc1)c1ccc([N+](=O)[O-])c2nonc12.[Na+]. The van der Waals surface area contributed by atoms with E-state index in [9.17, 15) is 25.5 Å². The smallest absolute Gasteiger partial charge is 0.258 e. The number of nitro benzene ring substituents is 2. The standard InChI is InChI=1S/C14H7N5O5.Na/c15-7-11(8-1-3-9(4-2-8)18(20)21)10-5-6-12(19(22)23)14-13(10)16-24-17-14;/h1-6,11H;/q;+1. The molecular formula is C14H7N5NaO5+. The van der Waals surface area contributed by atoms with Crippen LogP contribution in [-0.2, 0) is 0 Å². The molecular weight excluding hydrogens is 341 g/mol. The summed E-state index contributed by atoms with van der Waals surface area (Å²) in [6.07, 6.45) is 0. The van der Waals surface area contributed by atoms with E-state index in [1.54, 1.807) is 0 Å². The molecule has 10 nitrogen and oxygen atoms in total. The largest absolute Gasteiger partial charge is 1.00 e. The Morgan fingerprint density at radius 1 is 1.00 bits per heavy atom. The minimum Gasteiger partial charge on any atom is -0.258 e. The Morgan fingerprint density at radius 3 is 2.20 bits per heavy atom. The van der Waals surface area contributed by atoms with Crippen LogP contribution in [0.2, 0.25) is 0 Å². The van der Waals surface area contributed by atoms with Gasteiger partial charge in [-0.3, -0.25) is 20.2 Å². The molecule has 3 rings (SSSR count). The minimum atomic E-state index is -0.832. The van der Waals surface area contributed by atoms with Crippen molar-refractivity contribution in [3.63, 3.8) is 0 Å². The molecule has 25 heavy (non-hydrogen) atoms. The zero-order chi connectivity index (χ0) is 17.3. The molecule has 1 aromatic heterocycles. The molecule has 0 spiro atoms. The summed E-state index contributed by atoms with van der Waals surface area (Å²) in [6, 6.07) is 10.2. The van der Waals surface area contributed by atoms with E-state index in [-0.39, 0.29) is 52.0 Å². The van der Waals surface area contributed by atoms with Crippen molar-refractivity contribution < 1.29 is 44.0 Å². The third-order valence-electron chi connectivity index (χ3n) is 3.50. The van der Waals surface area contributed by atoms with Crippen molar-refractivity contribution in [2.24, 2.45) is 0 Å². The maximum Gasteiger partial charge on any atom is 1.00 e. The Bertz CT molecular complexity index is 995. The van der Waals surface area contributed by atoms with Crippen molar-refractivity contribution in [2.75, 3.05) is 0 Å². The summed E-state index contributed by atoms with van der Waals surface area (Å²) < 4.78 is 4.57. The van der Waals surface area contributed by atoms with Crippen LogP contribution in [0.15, 0.2) is 41.0 Å². The van der Waals surface area contributed by atoms with Crippen molar-refractivity contribution in [3.05, 3.63) is 67.8 Å². The molecule has 2 aromatic carbocycles. The molecule has 11 heteroatoms. The van der Waals surface area contributed by atoms with Crippen molar-refractivity contribution in [1.82, 2.24) is 10.3 Å². The maximum absolute atomic E-state index is 11.0. The molecule has 1 unspecified atom stereocenters. The normalized spacial score (nSPS) is 11.3. The summed E-state index contributed by atoms with van der Waals surface area (Å²) in [5.74, 6) is -0.832. The van der Waals surface area contributed by atoms with Crippen LogP contribution in [0.3, 0.4) is 0 Å². The fourth-order valence-electron chi connectivity index (χ4n) is 2.37. The third-order valence-corrected chi connectivity index (χ3v) is 3.50. The monoisotopic (exact) mass is 348 g/mol. The summed E-state index contributed by atoms with van der Waals surface area (Å²) in [5.41, 5.74) is 0.519. The van der Waals surface area contributed by atoms with E-state index >= 15 is 0 Å². The van der Waals surface area contributed by atoms with Gasteiger partial charge in [0.25, 0.3) is 5.69 Å². The van der Waals surface area contributed by atoms with Gasteiger partial charge in [-0.2, -0.15) is 5.26 Å². The van der Waals surface area contributed by atoms with Gasteiger partial charge in [0.2, 0.25) is 5.52 Å². The average Bonchev–Trinajstić information content (AvgIpc) is 3.05. The number of nitrogens with zero attached hydrogens (tertiary/aromatic N) is 5. The van der Waals surface area contributed by atoms with Crippen LogP contribution in [0.4, 0.5) is 11.4 Å². The van der Waals surface area contributed by atoms with Gasteiger partial charge in [-0.1, -0.05) is 12.1 Å². The Kier molecular flexibility index (Phi) is 5.43. The Morgan fingerprint density at radius 2 is 1.64 bits per heavy atom. The molecule has 3 aromatic rings. The maximum atomic E-state index is 11.0. The summed E-state index contributed by atoms with van der Waals surface area (Å²) >= 11 is 0. The number of benzene rings is 2. The number of hydrogen-bond acceptors (Lipinski definition) is 8. The van der Waals surface area contributed by atoms with Crippen molar-refractivity contribution in [1.29, 1.82) is 5.26 Å². The quantitative estimate of drug-likeness (QED) is 0.354. The molecule has 0 amide bonds. The van der Waals surface area contributed by atoms with Crippen LogP contribution < -0.4 is 29.6 Å². The van der Waals surface area contributed by atoms with E-state index in [1.807, 2.05) is 0 Å². The number of aromatic nitrogens is 2. The van der Waals surface area contributed by atoms with Crippen LogP contribution in [0.5, 0.6) is 0 Å². The third kappa shape index (κ3) is 3.34. The summed E-state index contributed by atoms with van der Waals surface area (Å²) in [6.45, 7) is 0. The first-order valence-electron chi connectivity index (χ1n) is 6.56. The van der Waals surface area contributed by atoms with Crippen LogP contribution >= 0.6 is 0 Å². The average molecular weight is 348 g/mol. The predicted octanol–water partition coefficient (Wildman–Crippen LogP) is -0.301. The van der Waals surface area contributed by atoms with Gasteiger partial charge in [-0.25, -0.2) is 4.63 Å². The molecule has 0 N–H and O–H groups in total. The van der Waals surface area contributed by atoms with E-state index < -0.39 is 15.8 Å². The van der Waals surface area contributed by atoms with Crippen LogP contribution in [0, 0.1) is 31.6 Å². The Labute approximate surface area is 161 Å². The van der Waals surface area contributed by atoms with Crippen LogP contribution in [0.25, 0.3) is 11.0 Å². The van der Waals surface area contributed by atoms with E-state index in [0.717, 1.165) is 0 Å². The van der Waals surface area contributed by atoms with Gasteiger partial charge >= 0.3 is 35.2 Å². The summed E-state index contributed by atoms with van der Waals surface area (Å²) in [7, 11) is 0.